The van der Waals surface area contributed by atoms with Crippen LogP contribution in [-0.2, 0) is 26.1 Å². The lowest BCUT2D eigenvalue weighted by Gasteiger charge is -2.23. The lowest BCUT2D eigenvalue weighted by Crippen LogP contribution is -2.41. The highest BCUT2D eigenvalue weighted by Gasteiger charge is 2.28. The van der Waals surface area contributed by atoms with Gasteiger partial charge in [-0.1, -0.05) is 35.4 Å². The molecule has 0 radical (unpaired) electrons. The van der Waals surface area contributed by atoms with Crippen molar-refractivity contribution in [1.82, 2.24) is 9.62 Å². The van der Waals surface area contributed by atoms with Crippen LogP contribution in [0.3, 0.4) is 0 Å². The van der Waals surface area contributed by atoms with Crippen molar-refractivity contribution in [2.45, 2.75) is 24.8 Å². The first kappa shape index (κ1) is 23.3. The van der Waals surface area contributed by atoms with E-state index in [9.17, 15) is 17.6 Å². The molecule has 0 heterocycles. The molecular weight excluding hydrogens is 419 g/mol. The molecule has 1 N–H and O–H groups in total. The zero-order chi connectivity index (χ0) is 21.4. The summed E-state index contributed by atoms with van der Waals surface area (Å²) < 4.78 is 46.4. The number of aryl methyl sites for hydroxylation is 1. The van der Waals surface area contributed by atoms with Crippen molar-refractivity contribution in [3.8, 4) is 0 Å². The zero-order valence-corrected chi connectivity index (χ0v) is 17.9. The fourth-order valence-electron chi connectivity index (χ4n) is 2.61. The summed E-state index contributed by atoms with van der Waals surface area (Å²) in [6, 6.07) is 10.3. The first-order valence-electron chi connectivity index (χ1n) is 9.01. The van der Waals surface area contributed by atoms with Gasteiger partial charge in [-0.15, -0.1) is 0 Å². The molecule has 2 rings (SSSR count). The quantitative estimate of drug-likeness (QED) is 0.573. The van der Waals surface area contributed by atoms with Crippen LogP contribution >= 0.6 is 11.6 Å². The van der Waals surface area contributed by atoms with Gasteiger partial charge in [-0.2, -0.15) is 4.31 Å². The third-order valence-corrected chi connectivity index (χ3v) is 6.38. The minimum atomic E-state index is -4.06. The van der Waals surface area contributed by atoms with E-state index < -0.39 is 28.3 Å². The number of hydrogen-bond acceptors (Lipinski definition) is 4. The van der Waals surface area contributed by atoms with Gasteiger partial charge < -0.3 is 10.1 Å². The van der Waals surface area contributed by atoms with Crippen LogP contribution in [0.15, 0.2) is 47.4 Å². The molecule has 2 aromatic rings. The summed E-state index contributed by atoms with van der Waals surface area (Å²) in [4.78, 5) is 12.3. The van der Waals surface area contributed by atoms with E-state index in [1.54, 1.807) is 19.2 Å². The van der Waals surface area contributed by atoms with E-state index in [-0.39, 0.29) is 22.0 Å². The summed E-state index contributed by atoms with van der Waals surface area (Å²) in [5.74, 6) is -1.13. The predicted molar refractivity (Wildman–Crippen MR) is 110 cm³/mol. The van der Waals surface area contributed by atoms with E-state index in [0.717, 1.165) is 9.87 Å². The van der Waals surface area contributed by atoms with Crippen LogP contribution in [0.4, 0.5) is 4.39 Å². The summed E-state index contributed by atoms with van der Waals surface area (Å²) in [5, 5.41) is 2.74. The molecule has 0 aliphatic rings. The average Bonchev–Trinajstić information content (AvgIpc) is 2.67. The largest absolute Gasteiger partial charge is 0.385 e. The molecule has 1 amide bonds. The fourth-order valence-corrected chi connectivity index (χ4v) is 4.19. The van der Waals surface area contributed by atoms with Crippen molar-refractivity contribution in [3.05, 3.63) is 64.4 Å². The Bertz CT molecular complexity index is 916. The molecule has 158 valence electrons. The van der Waals surface area contributed by atoms with Crippen LogP contribution in [0, 0.1) is 12.7 Å². The van der Waals surface area contributed by atoms with E-state index in [2.05, 4.69) is 5.32 Å². The second-order valence-electron chi connectivity index (χ2n) is 6.48. The first-order valence-corrected chi connectivity index (χ1v) is 10.8. The fraction of sp³-hybridized carbons (Fsp3) is 0.350. The van der Waals surface area contributed by atoms with Crippen molar-refractivity contribution in [2.24, 2.45) is 0 Å². The highest BCUT2D eigenvalue weighted by atomic mass is 35.5. The summed E-state index contributed by atoms with van der Waals surface area (Å²) >= 11 is 6.07. The van der Waals surface area contributed by atoms with Crippen LogP contribution in [0.2, 0.25) is 5.02 Å². The number of nitrogens with one attached hydrogen (secondary N) is 1. The summed E-state index contributed by atoms with van der Waals surface area (Å²) in [6.07, 6.45) is 0.589. The average molecular weight is 443 g/mol. The number of sulfonamides is 1. The van der Waals surface area contributed by atoms with Gasteiger partial charge in [-0.3, -0.25) is 4.79 Å². The molecule has 0 spiro atoms. The Morgan fingerprint density at radius 1 is 1.21 bits per heavy atom. The van der Waals surface area contributed by atoms with Crippen molar-refractivity contribution >= 4 is 27.5 Å². The number of rotatable bonds is 10. The lowest BCUT2D eigenvalue weighted by atomic mass is 10.2. The molecule has 0 bridgehead atoms. The summed E-state index contributed by atoms with van der Waals surface area (Å²) in [7, 11) is -2.51. The van der Waals surface area contributed by atoms with Gasteiger partial charge in [0.2, 0.25) is 15.9 Å². The topological polar surface area (TPSA) is 75.7 Å². The maximum Gasteiger partial charge on any atom is 0.243 e. The lowest BCUT2D eigenvalue weighted by molar-refractivity contribution is -0.121. The Morgan fingerprint density at radius 3 is 2.52 bits per heavy atom. The molecule has 0 aliphatic heterocycles. The number of hydrogen-bond donors (Lipinski definition) is 1. The van der Waals surface area contributed by atoms with E-state index in [4.69, 9.17) is 16.3 Å². The molecule has 0 aromatic heterocycles. The molecule has 0 unspecified atom stereocenters. The molecule has 0 fully saturated rings. The maximum absolute atomic E-state index is 14.3. The van der Waals surface area contributed by atoms with Crippen LogP contribution in [-0.4, -0.2) is 45.4 Å². The SMILES string of the molecule is COCCCNC(=O)CN(Cc1c(F)cccc1Cl)S(=O)(=O)c1ccc(C)cc1. The van der Waals surface area contributed by atoms with Gasteiger partial charge in [-0.05, 0) is 37.6 Å². The minimum Gasteiger partial charge on any atom is -0.385 e. The van der Waals surface area contributed by atoms with E-state index in [1.165, 1.54) is 30.3 Å². The molecule has 6 nitrogen and oxygen atoms in total. The highest BCUT2D eigenvalue weighted by molar-refractivity contribution is 7.89. The Kier molecular flexibility index (Phi) is 8.58. The molecule has 2 aromatic carbocycles. The molecule has 0 saturated carbocycles. The Hall–Kier alpha value is -2.00. The zero-order valence-electron chi connectivity index (χ0n) is 16.3. The molecule has 0 saturated heterocycles. The Labute approximate surface area is 175 Å². The van der Waals surface area contributed by atoms with Crippen molar-refractivity contribution in [1.29, 1.82) is 0 Å². The number of halogens is 2. The van der Waals surface area contributed by atoms with Crippen molar-refractivity contribution in [3.63, 3.8) is 0 Å². The Balaban J connectivity index is 2.29. The third kappa shape index (κ3) is 6.50. The number of carbonyl (C=O) groups is 1. The van der Waals surface area contributed by atoms with Crippen LogP contribution in [0.1, 0.15) is 17.5 Å². The molecule has 0 atom stereocenters. The second kappa shape index (κ2) is 10.7. The van der Waals surface area contributed by atoms with E-state index in [1.807, 2.05) is 6.92 Å². The molecule has 29 heavy (non-hydrogen) atoms. The predicted octanol–water partition coefficient (Wildman–Crippen LogP) is 3.13. The van der Waals surface area contributed by atoms with Gasteiger partial charge >= 0.3 is 0 Å². The number of carbonyl (C=O) groups excluding carboxylic acids is 1. The third-order valence-electron chi connectivity index (χ3n) is 4.22. The van der Waals surface area contributed by atoms with Crippen LogP contribution in [0.5, 0.6) is 0 Å². The second-order valence-corrected chi connectivity index (χ2v) is 8.83. The van der Waals surface area contributed by atoms with Crippen molar-refractivity contribution in [2.75, 3.05) is 26.8 Å². The van der Waals surface area contributed by atoms with Gasteiger partial charge in [0.1, 0.15) is 5.82 Å². The first-order chi connectivity index (χ1) is 13.8. The van der Waals surface area contributed by atoms with Gasteiger partial charge in [-0.25, -0.2) is 12.8 Å². The van der Waals surface area contributed by atoms with E-state index in [0.29, 0.717) is 19.6 Å². The van der Waals surface area contributed by atoms with E-state index >= 15 is 0 Å². The van der Waals surface area contributed by atoms with Crippen LogP contribution in [0.25, 0.3) is 0 Å². The number of methoxy groups -OCH3 is 1. The monoisotopic (exact) mass is 442 g/mol. The standard InChI is InChI=1S/C20H24ClFN2O4S/c1-15-7-9-16(10-8-15)29(26,27)24(14-20(25)23-11-4-12-28-2)13-17-18(21)5-3-6-19(17)22/h3,5-10H,4,11-14H2,1-2H3,(H,23,25). The molecule has 0 aliphatic carbocycles. The number of benzene rings is 2. The number of nitrogens with zero attached hydrogens (tertiary/aromatic N) is 1. The van der Waals surface area contributed by atoms with Gasteiger partial charge in [0, 0.05) is 37.4 Å². The summed E-state index contributed by atoms with van der Waals surface area (Å²) in [6.45, 7) is 1.81. The van der Waals surface area contributed by atoms with Gasteiger partial charge in [0.25, 0.3) is 0 Å². The summed E-state index contributed by atoms with van der Waals surface area (Å²) in [5.41, 5.74) is 0.903. The minimum absolute atomic E-state index is 0.0111. The Morgan fingerprint density at radius 2 is 1.90 bits per heavy atom. The molecular formula is C20H24ClFN2O4S. The van der Waals surface area contributed by atoms with Gasteiger partial charge in [0.05, 0.1) is 11.4 Å². The number of ether oxygens (including phenoxy) is 1. The van der Waals surface area contributed by atoms with Crippen molar-refractivity contribution < 1.29 is 22.3 Å². The number of amides is 1. The normalized spacial score (nSPS) is 11.6. The van der Waals surface area contributed by atoms with Gasteiger partial charge in [0.15, 0.2) is 0 Å². The highest BCUT2D eigenvalue weighted by Crippen LogP contribution is 2.24. The smallest absolute Gasteiger partial charge is 0.243 e. The maximum atomic E-state index is 14.3. The molecule has 9 heteroatoms. The van der Waals surface area contributed by atoms with Crippen LogP contribution < -0.4 is 5.32 Å².